The third-order valence-corrected chi connectivity index (χ3v) is 18.3. The van der Waals surface area contributed by atoms with Gasteiger partial charge in [-0.3, -0.25) is 19.7 Å². The first-order chi connectivity index (χ1) is 45.2. The summed E-state index contributed by atoms with van der Waals surface area (Å²) in [6.07, 6.45) is 18.7. The second kappa shape index (κ2) is 34.3. The highest BCUT2D eigenvalue weighted by Gasteiger charge is 2.47. The van der Waals surface area contributed by atoms with Crippen molar-refractivity contribution in [3.05, 3.63) is 167 Å². The number of halogens is 1. The summed E-state index contributed by atoms with van der Waals surface area (Å²) in [4.78, 5) is 66.8. The van der Waals surface area contributed by atoms with Crippen LogP contribution in [0.25, 0.3) is 11.1 Å². The summed E-state index contributed by atoms with van der Waals surface area (Å²) in [5, 5.41) is 12.0. The molecule has 4 aromatic carbocycles. The number of benzene rings is 4. The maximum absolute atomic E-state index is 14.0. The molecule has 4 aliphatic rings. The molecule has 18 nitrogen and oxygen atoms in total. The Hall–Kier alpha value is -7.74. The van der Waals surface area contributed by atoms with Crippen molar-refractivity contribution in [2.75, 3.05) is 94.7 Å². The Morgan fingerprint density at radius 2 is 1.34 bits per heavy atom. The molecular formula is C76H100ClN9O9. The molecule has 1 saturated heterocycles. The Morgan fingerprint density at radius 1 is 0.716 bits per heavy atom. The van der Waals surface area contributed by atoms with Gasteiger partial charge in [0.05, 0.1) is 70.0 Å². The molecule has 0 bridgehead atoms. The van der Waals surface area contributed by atoms with Crippen molar-refractivity contribution in [2.45, 2.75) is 155 Å². The van der Waals surface area contributed by atoms with Gasteiger partial charge >= 0.3 is 6.09 Å². The molecule has 3 aliphatic heterocycles. The highest BCUT2D eigenvalue weighted by atomic mass is 35.5. The van der Waals surface area contributed by atoms with E-state index in [4.69, 9.17) is 33.7 Å². The van der Waals surface area contributed by atoms with Crippen LogP contribution in [0.4, 0.5) is 27.7 Å². The van der Waals surface area contributed by atoms with Crippen molar-refractivity contribution >= 4 is 52.4 Å². The molecule has 95 heavy (non-hydrogen) atoms. The van der Waals surface area contributed by atoms with Gasteiger partial charge in [0.2, 0.25) is 17.5 Å². The molecule has 4 atom stereocenters. The fourth-order valence-corrected chi connectivity index (χ4v) is 13.5. The van der Waals surface area contributed by atoms with Crippen molar-refractivity contribution in [1.29, 1.82) is 0 Å². The summed E-state index contributed by atoms with van der Waals surface area (Å²) in [7, 11) is 2.15. The maximum atomic E-state index is 14.0. The van der Waals surface area contributed by atoms with E-state index in [0.717, 1.165) is 69.0 Å². The molecule has 9 rings (SSSR count). The van der Waals surface area contributed by atoms with Gasteiger partial charge in [-0.15, -0.1) is 0 Å². The zero-order valence-corrected chi connectivity index (χ0v) is 58.2. The first-order valence-electron chi connectivity index (χ1n) is 33.8. The van der Waals surface area contributed by atoms with E-state index in [2.05, 4.69) is 149 Å². The van der Waals surface area contributed by atoms with Gasteiger partial charge in [-0.2, -0.15) is 4.58 Å². The summed E-state index contributed by atoms with van der Waals surface area (Å²) in [6.45, 7) is 23.3. The van der Waals surface area contributed by atoms with E-state index in [9.17, 15) is 19.2 Å². The molecule has 510 valence electrons. The van der Waals surface area contributed by atoms with Crippen molar-refractivity contribution in [3.63, 3.8) is 0 Å². The fraction of sp³-hybridized carbons (Fsp3) is 0.487. The number of ether oxygens (including phenoxy) is 5. The summed E-state index contributed by atoms with van der Waals surface area (Å²) >= 11 is 0. The monoisotopic (exact) mass is 1320 g/mol. The minimum Gasteiger partial charge on any atom is -1.00 e. The molecule has 0 unspecified atom stereocenters. The largest absolute Gasteiger partial charge is 1.00 e. The van der Waals surface area contributed by atoms with Gasteiger partial charge in [-0.1, -0.05) is 112 Å². The van der Waals surface area contributed by atoms with Crippen LogP contribution in [0.5, 0.6) is 0 Å². The smallest absolute Gasteiger partial charge is 0.412 e. The second-order valence-electron chi connectivity index (χ2n) is 27.0. The zero-order valence-electron chi connectivity index (χ0n) is 57.4. The Balaban J connectivity index is 0.0000116. The molecule has 1 aromatic heterocycles. The molecule has 2 fully saturated rings. The quantitative estimate of drug-likeness (QED) is 0.0186. The predicted molar refractivity (Wildman–Crippen MR) is 372 cm³/mol. The third-order valence-electron chi connectivity index (χ3n) is 18.3. The van der Waals surface area contributed by atoms with Crippen LogP contribution in [0.2, 0.25) is 0 Å². The van der Waals surface area contributed by atoms with Gasteiger partial charge in [0.15, 0.2) is 5.71 Å². The topological polar surface area (TPSA) is 198 Å². The van der Waals surface area contributed by atoms with E-state index in [1.54, 1.807) is 12.1 Å². The average molecular weight is 1320 g/mol. The number of amides is 4. The van der Waals surface area contributed by atoms with Crippen LogP contribution in [0.3, 0.4) is 0 Å². The molecule has 4 amide bonds. The Bertz CT molecular complexity index is 3520. The number of carbonyl (C=O) groups excluding carboxylic acids is 4. The number of hydrogen-bond acceptors (Lipinski definition) is 13. The lowest BCUT2D eigenvalue weighted by Gasteiger charge is -2.35. The van der Waals surface area contributed by atoms with Gasteiger partial charge in [0.25, 0.3) is 5.91 Å². The van der Waals surface area contributed by atoms with Crippen LogP contribution in [0, 0.1) is 12.8 Å². The lowest BCUT2D eigenvalue weighted by atomic mass is 9.81. The standard InChI is InChI=1S/C76H99N9O9.ClH/c1-53(79-71(87)57-34-32-55(33-35-57)56-36-38-59(39-37-56)82-73(89)94-74(3,4)5)62-52-69(81-54(2)80-62)85-63-26-19-16-23-58(63)51-66(85)72(88)78-41-44-91-46-48-93-50-49-92-47-45-90-43-40-77-70(86)31-15-12-22-42-84-65-28-21-18-25-61(65)76(8,9)68(84)30-14-11-13-29-67-75(6,7)60-24-17-20-27-64(60)83(67)10;/h11,13-14,17-18,20-21,24-25,27-30,32-39,52-53,58,63,66H,12,15-16,19,22-23,26,31,40-51H2,1-10H3,(H3-,77,78,79,82,86,87,88,89);1H/t53-,58-,63-,66-;/m0./s1. The minimum atomic E-state index is -0.598. The van der Waals surface area contributed by atoms with Crippen molar-refractivity contribution in [2.24, 2.45) is 5.92 Å². The van der Waals surface area contributed by atoms with E-state index >= 15 is 0 Å². The zero-order chi connectivity index (χ0) is 66.8. The number of allylic oxidation sites excluding steroid dienone is 6. The van der Waals surface area contributed by atoms with Crippen LogP contribution in [-0.4, -0.2) is 141 Å². The summed E-state index contributed by atoms with van der Waals surface area (Å²) < 4.78 is 30.6. The number of aromatic nitrogens is 2. The molecule has 5 aromatic rings. The molecule has 4 N–H and O–H groups in total. The van der Waals surface area contributed by atoms with E-state index < -0.39 is 23.8 Å². The van der Waals surface area contributed by atoms with Gasteiger partial charge in [-0.25, -0.2) is 14.8 Å². The Morgan fingerprint density at radius 3 is 2.01 bits per heavy atom. The molecule has 1 saturated carbocycles. The molecular weight excluding hydrogens is 1220 g/mol. The molecule has 1 aliphatic carbocycles. The van der Waals surface area contributed by atoms with Gasteiger partial charge in [-0.05, 0) is 140 Å². The highest BCUT2D eigenvalue weighted by molar-refractivity contribution is 6.03. The third kappa shape index (κ3) is 19.5. The van der Waals surface area contributed by atoms with Crippen LogP contribution in [0.1, 0.15) is 152 Å². The highest BCUT2D eigenvalue weighted by Crippen LogP contribution is 2.48. The minimum absolute atomic E-state index is 0. The Kier molecular flexibility index (Phi) is 26.4. The summed E-state index contributed by atoms with van der Waals surface area (Å²) in [6, 6.07) is 33.4. The van der Waals surface area contributed by atoms with E-state index in [1.165, 1.54) is 33.9 Å². The first-order valence-corrected chi connectivity index (χ1v) is 33.8. The van der Waals surface area contributed by atoms with Gasteiger partial charge in [0, 0.05) is 83.9 Å². The number of rotatable bonds is 31. The molecule has 4 heterocycles. The number of nitrogens with zero attached hydrogens (tertiary/aromatic N) is 5. The molecule has 0 radical (unpaired) electrons. The number of nitrogens with one attached hydrogen (secondary N) is 4. The number of aryl methyl sites for hydroxylation is 1. The number of unbranched alkanes of at least 4 members (excludes halogenated alkanes) is 2. The summed E-state index contributed by atoms with van der Waals surface area (Å²) in [5.74, 6) is 1.39. The average Bonchev–Trinajstić information content (AvgIpc) is 1.62. The first kappa shape index (κ1) is 73.1. The number of hydrogen-bond donors (Lipinski definition) is 4. The van der Waals surface area contributed by atoms with Gasteiger partial charge < -0.3 is 61.8 Å². The maximum Gasteiger partial charge on any atom is 0.412 e. The Labute approximate surface area is 569 Å². The van der Waals surface area contributed by atoms with Crippen molar-refractivity contribution in [1.82, 2.24) is 25.9 Å². The normalized spacial score (nSPS) is 18.5. The van der Waals surface area contributed by atoms with Crippen LogP contribution >= 0.6 is 0 Å². The van der Waals surface area contributed by atoms with Gasteiger partial charge in [0.1, 0.15) is 30.3 Å². The van der Waals surface area contributed by atoms with E-state index in [1.807, 2.05) is 77.1 Å². The second-order valence-corrected chi connectivity index (χ2v) is 27.0. The fourth-order valence-electron chi connectivity index (χ4n) is 13.5. The van der Waals surface area contributed by atoms with Crippen LogP contribution < -0.4 is 43.5 Å². The molecule has 0 spiro atoms. The van der Waals surface area contributed by atoms with E-state index in [0.29, 0.717) is 107 Å². The number of anilines is 3. The summed E-state index contributed by atoms with van der Waals surface area (Å²) in [5.41, 5.74) is 10.6. The number of fused-ring (bicyclic) bond motifs is 3. The van der Waals surface area contributed by atoms with Crippen LogP contribution in [0.15, 0.2) is 139 Å². The van der Waals surface area contributed by atoms with E-state index in [-0.39, 0.29) is 47.0 Å². The number of para-hydroxylation sites is 2. The predicted octanol–water partition coefficient (Wildman–Crippen LogP) is 9.79. The lowest BCUT2D eigenvalue weighted by Crippen LogP contribution is -3.00. The SMILES string of the molecule is Cc1nc([C@H](C)NC(=O)c2ccc(-c3ccc(NC(=O)OC(C)(C)C)cc3)cc2)cc(N2[C@H](C(=O)NCCOCCOCCOCCOCCNC(=O)CCCCCN3/C(=C/C=C/C=C/C4=[N+](C)c5ccccc5C4(C)C)C(C)(C)c4ccccc43)C[C@@H]3CCCC[C@@H]32)n1.[Cl-]. The number of carbonyl (C=O) groups is 4. The van der Waals surface area contributed by atoms with Crippen molar-refractivity contribution in [3.8, 4) is 11.1 Å². The molecule has 19 heteroatoms. The van der Waals surface area contributed by atoms with Crippen molar-refractivity contribution < 1.29 is 59.8 Å². The lowest BCUT2D eigenvalue weighted by molar-refractivity contribution is -0.401. The van der Waals surface area contributed by atoms with Crippen LogP contribution in [-0.2, 0) is 44.1 Å².